The maximum atomic E-state index is 6.74. The molecule has 0 spiro atoms. The first-order chi connectivity index (χ1) is 18.6. The van der Waals surface area contributed by atoms with Gasteiger partial charge in [-0.05, 0) is 63.2 Å². The third-order valence-electron chi connectivity index (χ3n) is 7.28. The number of nitrogens with one attached hydrogen (secondary N) is 1. The zero-order valence-electron chi connectivity index (χ0n) is 22.5. The smallest absolute Gasteiger partial charge is 0.164 e. The van der Waals surface area contributed by atoms with Crippen molar-refractivity contribution in [3.63, 3.8) is 0 Å². The van der Waals surface area contributed by atoms with E-state index in [1.807, 2.05) is 30.3 Å². The van der Waals surface area contributed by atoms with Crippen LogP contribution in [0.5, 0.6) is 0 Å². The molecule has 196 valence electrons. The molecule has 0 bridgehead atoms. The molecule has 0 saturated carbocycles. The summed E-state index contributed by atoms with van der Waals surface area (Å²) in [6, 6.07) is 25.0. The van der Waals surface area contributed by atoms with Crippen molar-refractivity contribution in [3.05, 3.63) is 89.6 Å². The molecule has 0 fully saturated rings. The summed E-state index contributed by atoms with van der Waals surface area (Å²) in [4.78, 5) is 12.6. The van der Waals surface area contributed by atoms with Gasteiger partial charge in [0, 0.05) is 35.1 Å². The molecule has 0 saturated heterocycles. The van der Waals surface area contributed by atoms with Crippen LogP contribution in [0.25, 0.3) is 33.2 Å². The largest absolute Gasteiger partial charge is 0.367 e. The van der Waals surface area contributed by atoms with Crippen molar-refractivity contribution in [1.29, 1.82) is 0 Å². The van der Waals surface area contributed by atoms with Gasteiger partial charge in [-0.1, -0.05) is 80.0 Å². The van der Waals surface area contributed by atoms with Gasteiger partial charge >= 0.3 is 0 Å². The molecule has 5 rings (SSSR count). The van der Waals surface area contributed by atoms with Crippen molar-refractivity contribution in [2.24, 2.45) is 0 Å². The van der Waals surface area contributed by atoms with E-state index in [-0.39, 0.29) is 0 Å². The highest BCUT2D eigenvalue weighted by Gasteiger charge is 2.18. The molecule has 38 heavy (non-hydrogen) atoms. The first-order valence-corrected chi connectivity index (χ1v) is 14.0. The minimum Gasteiger partial charge on any atom is -0.367 e. The minimum atomic E-state index is 0.297. The fraction of sp³-hybridized carbons (Fsp3) is 0.312. The molecule has 1 atom stereocenters. The Morgan fingerprint density at radius 3 is 2.42 bits per heavy atom. The van der Waals surface area contributed by atoms with Gasteiger partial charge in [0.2, 0.25) is 0 Å². The van der Waals surface area contributed by atoms with Crippen LogP contribution in [0.4, 0.5) is 5.82 Å². The maximum absolute atomic E-state index is 6.74. The zero-order chi connectivity index (χ0) is 26.5. The number of para-hydroxylation sites is 2. The second-order valence-corrected chi connectivity index (χ2v) is 10.3. The second-order valence-electron chi connectivity index (χ2n) is 9.92. The number of benzene rings is 3. The van der Waals surface area contributed by atoms with Gasteiger partial charge in [-0.25, -0.2) is 9.97 Å². The molecule has 3 aromatic carbocycles. The molecule has 0 aliphatic rings. The predicted octanol–water partition coefficient (Wildman–Crippen LogP) is 7.88. The minimum absolute atomic E-state index is 0.297. The molecule has 5 nitrogen and oxygen atoms in total. The maximum Gasteiger partial charge on any atom is 0.164 e. The highest BCUT2D eigenvalue weighted by Crippen LogP contribution is 2.35. The average molecular weight is 526 g/mol. The predicted molar refractivity (Wildman–Crippen MR) is 161 cm³/mol. The summed E-state index contributed by atoms with van der Waals surface area (Å²) in [6.45, 7) is 10.7. The molecule has 6 heteroatoms. The molecular weight excluding hydrogens is 490 g/mol. The Morgan fingerprint density at radius 2 is 1.63 bits per heavy atom. The first kappa shape index (κ1) is 26.2. The second kappa shape index (κ2) is 12.0. The summed E-state index contributed by atoms with van der Waals surface area (Å²) in [5.41, 5.74) is 4.14. The molecule has 0 radical (unpaired) electrons. The fourth-order valence-electron chi connectivity index (χ4n) is 5.17. The van der Waals surface area contributed by atoms with E-state index in [4.69, 9.17) is 21.6 Å². The van der Waals surface area contributed by atoms with Crippen molar-refractivity contribution in [3.8, 4) is 11.4 Å². The van der Waals surface area contributed by atoms with Gasteiger partial charge in [-0.3, -0.25) is 0 Å². The molecule has 2 aromatic heterocycles. The van der Waals surface area contributed by atoms with Crippen LogP contribution in [-0.4, -0.2) is 45.1 Å². The van der Waals surface area contributed by atoms with Crippen LogP contribution in [-0.2, 0) is 6.54 Å². The van der Waals surface area contributed by atoms with Gasteiger partial charge in [0.05, 0.1) is 16.1 Å². The van der Waals surface area contributed by atoms with Crippen molar-refractivity contribution >= 4 is 39.2 Å². The molecule has 5 aromatic rings. The lowest BCUT2D eigenvalue weighted by atomic mass is 10.1. The molecule has 1 N–H and O–H groups in total. The van der Waals surface area contributed by atoms with Gasteiger partial charge in [-0.2, -0.15) is 0 Å². The SMILES string of the molecule is CCN(CC)CCCC(C)Nc1nc(-c2cn(Cc3ccccc3)c3c(Cl)cccc23)nc2ccccc12. The Hall–Kier alpha value is -3.41. The Bertz CT molecular complexity index is 1510. The topological polar surface area (TPSA) is 46.0 Å². The summed E-state index contributed by atoms with van der Waals surface area (Å²) in [5, 5.41) is 6.53. The normalized spacial score (nSPS) is 12.4. The van der Waals surface area contributed by atoms with Crippen molar-refractivity contribution in [1.82, 2.24) is 19.4 Å². The van der Waals surface area contributed by atoms with E-state index in [2.05, 4.69) is 84.2 Å². The first-order valence-electron chi connectivity index (χ1n) is 13.6. The van der Waals surface area contributed by atoms with Crippen LogP contribution in [0.15, 0.2) is 79.0 Å². The van der Waals surface area contributed by atoms with Gasteiger partial charge in [0.1, 0.15) is 5.82 Å². The summed E-state index contributed by atoms with van der Waals surface area (Å²) in [6.07, 6.45) is 4.37. The van der Waals surface area contributed by atoms with Gasteiger partial charge in [-0.15, -0.1) is 0 Å². The molecule has 0 aliphatic carbocycles. The van der Waals surface area contributed by atoms with Gasteiger partial charge in [0.25, 0.3) is 0 Å². The lowest BCUT2D eigenvalue weighted by molar-refractivity contribution is 0.295. The average Bonchev–Trinajstić information content (AvgIpc) is 3.31. The molecular formula is C32H36ClN5. The number of hydrogen-bond donors (Lipinski definition) is 1. The van der Waals surface area contributed by atoms with E-state index < -0.39 is 0 Å². The zero-order valence-corrected chi connectivity index (χ0v) is 23.2. The number of nitrogens with zero attached hydrogens (tertiary/aromatic N) is 4. The van der Waals surface area contributed by atoms with E-state index >= 15 is 0 Å². The monoisotopic (exact) mass is 525 g/mol. The van der Waals surface area contributed by atoms with E-state index in [1.165, 1.54) is 5.56 Å². The Labute approximate surface area is 230 Å². The number of halogens is 1. The Balaban J connectivity index is 1.51. The number of aromatic nitrogens is 3. The fourth-order valence-corrected chi connectivity index (χ4v) is 5.45. The number of anilines is 1. The lowest BCUT2D eigenvalue weighted by Gasteiger charge is -2.20. The van der Waals surface area contributed by atoms with Gasteiger partial charge in [0.15, 0.2) is 5.82 Å². The van der Waals surface area contributed by atoms with Crippen molar-refractivity contribution < 1.29 is 0 Å². The summed E-state index contributed by atoms with van der Waals surface area (Å²) in [7, 11) is 0. The summed E-state index contributed by atoms with van der Waals surface area (Å²) < 4.78 is 2.21. The summed E-state index contributed by atoms with van der Waals surface area (Å²) >= 11 is 6.74. The highest BCUT2D eigenvalue weighted by atomic mass is 35.5. The molecule has 2 heterocycles. The Kier molecular flexibility index (Phi) is 8.26. The van der Waals surface area contributed by atoms with Crippen LogP contribution in [0.3, 0.4) is 0 Å². The quantitative estimate of drug-likeness (QED) is 0.190. The van der Waals surface area contributed by atoms with E-state index in [9.17, 15) is 0 Å². The van der Waals surface area contributed by atoms with Crippen LogP contribution < -0.4 is 5.32 Å². The van der Waals surface area contributed by atoms with E-state index in [1.54, 1.807) is 0 Å². The third kappa shape index (κ3) is 5.69. The van der Waals surface area contributed by atoms with Crippen LogP contribution in [0, 0.1) is 0 Å². The van der Waals surface area contributed by atoms with E-state index in [0.717, 1.165) is 77.2 Å². The number of fused-ring (bicyclic) bond motifs is 2. The lowest BCUT2D eigenvalue weighted by Crippen LogP contribution is -2.25. The highest BCUT2D eigenvalue weighted by molar-refractivity contribution is 6.35. The van der Waals surface area contributed by atoms with Gasteiger partial charge < -0.3 is 14.8 Å². The van der Waals surface area contributed by atoms with E-state index in [0.29, 0.717) is 11.9 Å². The molecule has 1 unspecified atom stereocenters. The third-order valence-corrected chi connectivity index (χ3v) is 7.58. The summed E-state index contributed by atoms with van der Waals surface area (Å²) in [5.74, 6) is 1.59. The molecule has 0 amide bonds. The van der Waals surface area contributed by atoms with Crippen LogP contribution in [0.2, 0.25) is 5.02 Å². The van der Waals surface area contributed by atoms with Crippen LogP contribution >= 0.6 is 11.6 Å². The number of rotatable bonds is 11. The standard InChI is InChI=1S/C32H36ClN5/c1-4-37(5-2)20-12-13-23(3)34-31-26-16-9-10-19-29(26)35-32(36-31)27-22-38(21-24-14-7-6-8-15-24)30-25(27)17-11-18-28(30)33/h6-11,14-19,22-23H,4-5,12-13,20-21H2,1-3H3,(H,34,35,36). The Morgan fingerprint density at radius 1 is 0.895 bits per heavy atom. The number of hydrogen-bond acceptors (Lipinski definition) is 4. The van der Waals surface area contributed by atoms with Crippen molar-refractivity contribution in [2.75, 3.05) is 25.0 Å². The molecule has 0 aliphatic heterocycles. The van der Waals surface area contributed by atoms with Crippen LogP contribution in [0.1, 0.15) is 39.2 Å². The van der Waals surface area contributed by atoms with Crippen molar-refractivity contribution in [2.45, 2.75) is 46.2 Å².